The number of benzene rings is 1. The summed E-state index contributed by atoms with van der Waals surface area (Å²) < 4.78 is 6.42. The molecule has 15 heavy (non-hydrogen) atoms. The summed E-state index contributed by atoms with van der Waals surface area (Å²) in [5, 5.41) is 2.67. The molecule has 4 heteroatoms. The maximum absolute atomic E-state index is 10.6. The highest BCUT2D eigenvalue weighted by Gasteiger charge is 2.00. The van der Waals surface area contributed by atoms with E-state index in [2.05, 4.69) is 21.2 Å². The number of carbonyl (C=O) groups is 1. The molecule has 0 spiro atoms. The Balaban J connectivity index is 2.40. The van der Waals surface area contributed by atoms with Gasteiger partial charge in [-0.05, 0) is 40.5 Å². The molecular formula is C11H14BrNO2. The van der Waals surface area contributed by atoms with Crippen molar-refractivity contribution in [2.24, 2.45) is 0 Å². The van der Waals surface area contributed by atoms with Crippen LogP contribution < -0.4 is 10.1 Å². The van der Waals surface area contributed by atoms with Crippen LogP contribution in [-0.2, 0) is 4.79 Å². The Morgan fingerprint density at radius 1 is 1.53 bits per heavy atom. The van der Waals surface area contributed by atoms with Gasteiger partial charge in [-0.15, -0.1) is 0 Å². The number of rotatable bonds is 4. The van der Waals surface area contributed by atoms with Crippen LogP contribution >= 0.6 is 15.9 Å². The second-order valence-corrected chi connectivity index (χ2v) is 4.12. The van der Waals surface area contributed by atoms with E-state index in [1.807, 2.05) is 25.1 Å². The first-order valence-electron chi connectivity index (χ1n) is 4.73. The van der Waals surface area contributed by atoms with Gasteiger partial charge in [-0.3, -0.25) is 4.79 Å². The maximum Gasteiger partial charge on any atom is 0.216 e. The molecule has 3 nitrogen and oxygen atoms in total. The summed E-state index contributed by atoms with van der Waals surface area (Å²) in [6, 6.07) is 5.89. The van der Waals surface area contributed by atoms with Gasteiger partial charge in [0.1, 0.15) is 12.4 Å². The molecule has 0 aromatic heterocycles. The van der Waals surface area contributed by atoms with Crippen molar-refractivity contribution in [3.05, 3.63) is 28.2 Å². The molecule has 0 aliphatic rings. The van der Waals surface area contributed by atoms with Gasteiger partial charge in [-0.1, -0.05) is 6.07 Å². The Labute approximate surface area is 97.9 Å². The molecule has 0 bridgehead atoms. The van der Waals surface area contributed by atoms with Crippen molar-refractivity contribution >= 4 is 21.8 Å². The number of nitrogens with one attached hydrogen (secondary N) is 1. The molecule has 0 unspecified atom stereocenters. The Morgan fingerprint density at radius 3 is 2.87 bits per heavy atom. The van der Waals surface area contributed by atoms with E-state index in [1.165, 1.54) is 12.5 Å². The van der Waals surface area contributed by atoms with Crippen molar-refractivity contribution in [3.63, 3.8) is 0 Å². The average Bonchev–Trinajstić information content (AvgIpc) is 2.14. The number of carbonyl (C=O) groups excluding carboxylic acids is 1. The minimum Gasteiger partial charge on any atom is -0.491 e. The molecule has 0 atom stereocenters. The maximum atomic E-state index is 10.6. The lowest BCUT2D eigenvalue weighted by Crippen LogP contribution is -2.25. The van der Waals surface area contributed by atoms with E-state index in [9.17, 15) is 4.79 Å². The molecule has 82 valence electrons. The highest BCUT2D eigenvalue weighted by atomic mass is 79.9. The van der Waals surface area contributed by atoms with Crippen LogP contribution in [0.3, 0.4) is 0 Å². The first-order chi connectivity index (χ1) is 7.09. The zero-order chi connectivity index (χ0) is 11.3. The molecule has 0 aliphatic heterocycles. The lowest BCUT2D eigenvalue weighted by molar-refractivity contribution is -0.119. The summed E-state index contributed by atoms with van der Waals surface area (Å²) in [4.78, 5) is 10.6. The molecule has 1 rings (SSSR count). The number of amides is 1. The predicted octanol–water partition coefficient (Wildman–Crippen LogP) is 2.27. The van der Waals surface area contributed by atoms with Crippen LogP contribution in [-0.4, -0.2) is 19.1 Å². The van der Waals surface area contributed by atoms with Crippen LogP contribution in [0, 0.1) is 6.92 Å². The molecule has 0 saturated carbocycles. The number of aryl methyl sites for hydroxylation is 1. The molecule has 1 aromatic carbocycles. The van der Waals surface area contributed by atoms with Gasteiger partial charge < -0.3 is 10.1 Å². The van der Waals surface area contributed by atoms with E-state index in [-0.39, 0.29) is 5.91 Å². The largest absolute Gasteiger partial charge is 0.491 e. The van der Waals surface area contributed by atoms with Gasteiger partial charge in [-0.2, -0.15) is 0 Å². The van der Waals surface area contributed by atoms with Crippen LogP contribution in [0.1, 0.15) is 12.5 Å². The third-order valence-corrected chi connectivity index (χ3v) is 2.44. The quantitative estimate of drug-likeness (QED) is 0.854. The van der Waals surface area contributed by atoms with Gasteiger partial charge in [0.05, 0.1) is 11.0 Å². The number of ether oxygens (including phenoxy) is 1. The number of hydrogen-bond acceptors (Lipinski definition) is 2. The van der Waals surface area contributed by atoms with Gasteiger partial charge in [0.15, 0.2) is 0 Å². The SMILES string of the molecule is CC(=O)NCCOc1ccc(C)cc1Br. The van der Waals surface area contributed by atoms with Gasteiger partial charge >= 0.3 is 0 Å². The van der Waals surface area contributed by atoms with Gasteiger partial charge in [0, 0.05) is 6.92 Å². The fraction of sp³-hybridized carbons (Fsp3) is 0.364. The van der Waals surface area contributed by atoms with E-state index in [0.29, 0.717) is 13.2 Å². The minimum atomic E-state index is -0.0402. The molecule has 1 aromatic rings. The molecule has 0 heterocycles. The second-order valence-electron chi connectivity index (χ2n) is 3.27. The van der Waals surface area contributed by atoms with Crippen molar-refractivity contribution in [2.45, 2.75) is 13.8 Å². The Hall–Kier alpha value is -1.03. The first kappa shape index (κ1) is 12.0. The zero-order valence-electron chi connectivity index (χ0n) is 8.84. The van der Waals surface area contributed by atoms with Crippen molar-refractivity contribution in [3.8, 4) is 5.75 Å². The van der Waals surface area contributed by atoms with Crippen LogP contribution in [0.2, 0.25) is 0 Å². The monoisotopic (exact) mass is 271 g/mol. The van der Waals surface area contributed by atoms with Gasteiger partial charge in [0.25, 0.3) is 0 Å². The van der Waals surface area contributed by atoms with Crippen molar-refractivity contribution in [2.75, 3.05) is 13.2 Å². The molecule has 0 fully saturated rings. The second kappa shape index (κ2) is 5.75. The number of halogens is 1. The molecule has 1 amide bonds. The van der Waals surface area contributed by atoms with E-state index in [0.717, 1.165) is 10.2 Å². The third kappa shape index (κ3) is 4.34. The normalized spacial score (nSPS) is 9.80. The number of hydrogen-bond donors (Lipinski definition) is 1. The van der Waals surface area contributed by atoms with E-state index >= 15 is 0 Å². The van der Waals surface area contributed by atoms with Crippen LogP contribution in [0.5, 0.6) is 5.75 Å². The smallest absolute Gasteiger partial charge is 0.216 e. The zero-order valence-corrected chi connectivity index (χ0v) is 10.4. The van der Waals surface area contributed by atoms with Crippen LogP contribution in [0.15, 0.2) is 22.7 Å². The van der Waals surface area contributed by atoms with Crippen molar-refractivity contribution in [1.29, 1.82) is 0 Å². The lowest BCUT2D eigenvalue weighted by Gasteiger charge is -2.08. The summed E-state index contributed by atoms with van der Waals surface area (Å²) in [5.74, 6) is 0.757. The minimum absolute atomic E-state index is 0.0402. The fourth-order valence-electron chi connectivity index (χ4n) is 1.11. The van der Waals surface area contributed by atoms with E-state index in [1.54, 1.807) is 0 Å². The Kier molecular flexibility index (Phi) is 4.62. The summed E-state index contributed by atoms with van der Waals surface area (Å²) in [5.41, 5.74) is 1.18. The Morgan fingerprint density at radius 2 is 2.27 bits per heavy atom. The molecule has 1 N–H and O–H groups in total. The average molecular weight is 272 g/mol. The summed E-state index contributed by atoms with van der Waals surface area (Å²) in [6.07, 6.45) is 0. The highest BCUT2D eigenvalue weighted by molar-refractivity contribution is 9.10. The molecular weight excluding hydrogens is 258 g/mol. The van der Waals surface area contributed by atoms with Crippen LogP contribution in [0.25, 0.3) is 0 Å². The summed E-state index contributed by atoms with van der Waals surface area (Å²) >= 11 is 3.42. The van der Waals surface area contributed by atoms with Crippen molar-refractivity contribution < 1.29 is 9.53 Å². The first-order valence-corrected chi connectivity index (χ1v) is 5.52. The third-order valence-electron chi connectivity index (χ3n) is 1.82. The molecule has 0 radical (unpaired) electrons. The summed E-state index contributed by atoms with van der Waals surface area (Å²) in [6.45, 7) is 4.50. The summed E-state index contributed by atoms with van der Waals surface area (Å²) in [7, 11) is 0. The van der Waals surface area contributed by atoms with E-state index in [4.69, 9.17) is 4.74 Å². The lowest BCUT2D eigenvalue weighted by atomic mass is 10.2. The standard InChI is InChI=1S/C11H14BrNO2/c1-8-3-4-11(10(12)7-8)15-6-5-13-9(2)14/h3-4,7H,5-6H2,1-2H3,(H,13,14). The van der Waals surface area contributed by atoms with Crippen LogP contribution in [0.4, 0.5) is 0 Å². The molecule has 0 saturated heterocycles. The predicted molar refractivity (Wildman–Crippen MR) is 63.1 cm³/mol. The Bertz CT molecular complexity index is 352. The molecule has 0 aliphatic carbocycles. The fourth-order valence-corrected chi connectivity index (χ4v) is 1.72. The van der Waals surface area contributed by atoms with E-state index < -0.39 is 0 Å². The highest BCUT2D eigenvalue weighted by Crippen LogP contribution is 2.25. The topological polar surface area (TPSA) is 38.3 Å². The van der Waals surface area contributed by atoms with Gasteiger partial charge in [0.2, 0.25) is 5.91 Å². The van der Waals surface area contributed by atoms with Crippen molar-refractivity contribution in [1.82, 2.24) is 5.32 Å². The van der Waals surface area contributed by atoms with Gasteiger partial charge in [-0.25, -0.2) is 0 Å².